The van der Waals surface area contributed by atoms with Crippen molar-refractivity contribution in [3.05, 3.63) is 40.9 Å². The number of halogens is 1. The maximum absolute atomic E-state index is 13.0. The molecule has 6 atom stereocenters. The Labute approximate surface area is 133 Å². The van der Waals surface area contributed by atoms with Gasteiger partial charge in [0, 0.05) is 5.02 Å². The van der Waals surface area contributed by atoms with E-state index in [1.807, 2.05) is 13.0 Å². The number of anilines is 1. The zero-order valence-corrected chi connectivity index (χ0v) is 13.0. The lowest BCUT2D eigenvalue weighted by Crippen LogP contribution is -2.40. The number of benzene rings is 1. The number of hydrogen-bond acceptors (Lipinski definition) is 2. The number of aryl methyl sites for hydroxylation is 1. The summed E-state index contributed by atoms with van der Waals surface area (Å²) in [6, 6.07) is 5.39. The summed E-state index contributed by atoms with van der Waals surface area (Å²) < 4.78 is 0. The molecule has 0 aromatic heterocycles. The molecule has 1 aromatic carbocycles. The fourth-order valence-electron chi connectivity index (χ4n) is 5.02. The third kappa shape index (κ3) is 1.43. The van der Waals surface area contributed by atoms with E-state index in [4.69, 9.17) is 11.6 Å². The van der Waals surface area contributed by atoms with Crippen LogP contribution in [-0.2, 0) is 9.59 Å². The Morgan fingerprint density at radius 3 is 2.23 bits per heavy atom. The second-order valence-electron chi connectivity index (χ2n) is 7.10. The largest absolute Gasteiger partial charge is 0.274 e. The smallest absolute Gasteiger partial charge is 0.238 e. The van der Waals surface area contributed by atoms with Crippen LogP contribution in [0.2, 0.25) is 5.02 Å². The third-order valence-corrected chi connectivity index (χ3v) is 6.31. The second kappa shape index (κ2) is 4.02. The van der Waals surface area contributed by atoms with E-state index in [1.165, 1.54) is 11.3 Å². The van der Waals surface area contributed by atoms with E-state index in [0.717, 1.165) is 5.56 Å². The van der Waals surface area contributed by atoms with Crippen LogP contribution in [0.5, 0.6) is 0 Å². The molecule has 112 valence electrons. The molecular formula is C18H16ClNO2. The first kappa shape index (κ1) is 12.9. The molecule has 2 saturated carbocycles. The van der Waals surface area contributed by atoms with Gasteiger partial charge in [0.2, 0.25) is 11.8 Å². The maximum Gasteiger partial charge on any atom is 0.238 e. The van der Waals surface area contributed by atoms with E-state index < -0.39 is 0 Å². The van der Waals surface area contributed by atoms with Crippen LogP contribution in [0.25, 0.3) is 0 Å². The third-order valence-electron chi connectivity index (χ3n) is 6.07. The Morgan fingerprint density at radius 1 is 1.05 bits per heavy atom. The first-order chi connectivity index (χ1) is 10.6. The summed E-state index contributed by atoms with van der Waals surface area (Å²) in [5.41, 5.74) is 1.57. The van der Waals surface area contributed by atoms with Gasteiger partial charge in [-0.1, -0.05) is 29.8 Å². The number of carbonyl (C=O) groups excluding carboxylic acids is 2. The molecule has 3 fully saturated rings. The number of nitrogens with zero attached hydrogens (tertiary/aromatic N) is 1. The van der Waals surface area contributed by atoms with E-state index in [1.54, 1.807) is 12.1 Å². The van der Waals surface area contributed by atoms with Crippen LogP contribution >= 0.6 is 11.6 Å². The zero-order valence-electron chi connectivity index (χ0n) is 12.2. The monoisotopic (exact) mass is 313 g/mol. The van der Waals surface area contributed by atoms with Crippen molar-refractivity contribution in [1.82, 2.24) is 0 Å². The van der Waals surface area contributed by atoms with Crippen LogP contribution < -0.4 is 4.90 Å². The van der Waals surface area contributed by atoms with Crippen molar-refractivity contribution in [3.8, 4) is 0 Å². The molecule has 3 nitrogen and oxygen atoms in total. The molecule has 0 unspecified atom stereocenters. The molecule has 5 aliphatic rings. The number of rotatable bonds is 1. The summed E-state index contributed by atoms with van der Waals surface area (Å²) in [5.74, 6) is 1.45. The van der Waals surface area contributed by atoms with Crippen molar-refractivity contribution in [1.29, 1.82) is 0 Å². The number of carbonyl (C=O) groups is 2. The molecule has 1 aliphatic heterocycles. The molecule has 4 aliphatic carbocycles. The molecule has 1 aromatic rings. The normalized spacial score (nSPS) is 40.9. The predicted octanol–water partition coefficient (Wildman–Crippen LogP) is 3.21. The van der Waals surface area contributed by atoms with Gasteiger partial charge in [0.05, 0.1) is 17.5 Å². The van der Waals surface area contributed by atoms with Crippen molar-refractivity contribution in [2.24, 2.45) is 35.5 Å². The molecule has 22 heavy (non-hydrogen) atoms. The van der Waals surface area contributed by atoms with Gasteiger partial charge in [-0.2, -0.15) is 0 Å². The molecule has 0 spiro atoms. The van der Waals surface area contributed by atoms with E-state index in [2.05, 4.69) is 12.2 Å². The molecule has 6 rings (SSSR count). The summed E-state index contributed by atoms with van der Waals surface area (Å²) in [6.45, 7) is 1.92. The standard InChI is InChI=1S/C18H16ClNO2/c1-8-2-3-9(19)6-14(8)20-17(21)15-10-4-5-11(13-7-12(10)13)16(15)18(20)22/h2-6,10-13,15-16H,7H2,1H3/t10-,11-,12-,13-,15-,16+/m0/s1. The molecule has 0 N–H and O–H groups in total. The van der Waals surface area contributed by atoms with Gasteiger partial charge in [0.15, 0.2) is 0 Å². The number of amides is 2. The number of hydrogen-bond donors (Lipinski definition) is 0. The second-order valence-corrected chi connectivity index (χ2v) is 7.53. The van der Waals surface area contributed by atoms with E-state index >= 15 is 0 Å². The number of imide groups is 1. The van der Waals surface area contributed by atoms with Crippen molar-refractivity contribution < 1.29 is 9.59 Å². The predicted molar refractivity (Wildman–Crippen MR) is 83.4 cm³/mol. The van der Waals surface area contributed by atoms with Crippen molar-refractivity contribution in [3.63, 3.8) is 0 Å². The van der Waals surface area contributed by atoms with Crippen LogP contribution in [0.3, 0.4) is 0 Å². The molecule has 1 heterocycles. The number of allylic oxidation sites excluding steroid dienone is 2. The molecule has 1 saturated heterocycles. The average molecular weight is 314 g/mol. The lowest BCUT2D eigenvalue weighted by atomic mass is 9.63. The van der Waals surface area contributed by atoms with Crippen molar-refractivity contribution in [2.75, 3.05) is 4.90 Å². The van der Waals surface area contributed by atoms with Gasteiger partial charge in [0.1, 0.15) is 0 Å². The van der Waals surface area contributed by atoms with Crippen LogP contribution in [0.15, 0.2) is 30.4 Å². The van der Waals surface area contributed by atoms with Crippen molar-refractivity contribution >= 4 is 29.1 Å². The fraction of sp³-hybridized carbons (Fsp3) is 0.444. The van der Waals surface area contributed by atoms with E-state index in [9.17, 15) is 9.59 Å². The van der Waals surface area contributed by atoms with Gasteiger partial charge >= 0.3 is 0 Å². The Kier molecular flexibility index (Phi) is 2.35. The minimum Gasteiger partial charge on any atom is -0.274 e. The summed E-state index contributed by atoms with van der Waals surface area (Å²) >= 11 is 6.08. The van der Waals surface area contributed by atoms with Gasteiger partial charge in [-0.25, -0.2) is 4.90 Å². The minimum atomic E-state index is -0.148. The Hall–Kier alpha value is -1.61. The van der Waals surface area contributed by atoms with Crippen LogP contribution in [-0.4, -0.2) is 11.8 Å². The summed E-state index contributed by atoms with van der Waals surface area (Å²) in [5, 5.41) is 0.556. The van der Waals surface area contributed by atoms with Crippen molar-refractivity contribution in [2.45, 2.75) is 13.3 Å². The first-order valence-corrected chi connectivity index (χ1v) is 8.28. The SMILES string of the molecule is Cc1ccc(Cl)cc1N1C(=O)[C@@H]2[C@H]3C=C[C@@H]([C@@H]4C[C@@H]34)[C@@H]2C1=O. The summed E-state index contributed by atoms with van der Waals surface area (Å²) in [6.07, 6.45) is 5.57. The highest BCUT2D eigenvalue weighted by Crippen LogP contribution is 2.65. The Balaban J connectivity index is 1.62. The van der Waals surface area contributed by atoms with Gasteiger partial charge in [-0.15, -0.1) is 0 Å². The lowest BCUT2D eigenvalue weighted by molar-refractivity contribution is -0.124. The van der Waals surface area contributed by atoms with Gasteiger partial charge in [-0.05, 0) is 54.7 Å². The molecule has 2 amide bonds. The zero-order chi connectivity index (χ0) is 15.2. The quantitative estimate of drug-likeness (QED) is 0.590. The van der Waals surface area contributed by atoms with Crippen LogP contribution in [0, 0.1) is 42.4 Å². The van der Waals surface area contributed by atoms with E-state index in [0.29, 0.717) is 22.5 Å². The van der Waals surface area contributed by atoms with E-state index in [-0.39, 0.29) is 35.5 Å². The molecule has 2 bridgehead atoms. The molecule has 4 heteroatoms. The summed E-state index contributed by atoms with van der Waals surface area (Å²) in [7, 11) is 0. The van der Waals surface area contributed by atoms with Crippen LogP contribution in [0.4, 0.5) is 5.69 Å². The fourth-order valence-corrected chi connectivity index (χ4v) is 5.18. The Morgan fingerprint density at radius 2 is 1.64 bits per heavy atom. The van der Waals surface area contributed by atoms with Gasteiger partial charge in [0.25, 0.3) is 0 Å². The van der Waals surface area contributed by atoms with Gasteiger partial charge < -0.3 is 0 Å². The summed E-state index contributed by atoms with van der Waals surface area (Å²) in [4.78, 5) is 27.4. The maximum atomic E-state index is 13.0. The molecular weight excluding hydrogens is 298 g/mol. The topological polar surface area (TPSA) is 37.4 Å². The Bertz CT molecular complexity index is 719. The first-order valence-electron chi connectivity index (χ1n) is 7.90. The average Bonchev–Trinajstić information content (AvgIpc) is 3.28. The highest BCUT2D eigenvalue weighted by atomic mass is 35.5. The molecule has 0 radical (unpaired) electrons. The van der Waals surface area contributed by atoms with Crippen LogP contribution in [0.1, 0.15) is 12.0 Å². The lowest BCUT2D eigenvalue weighted by Gasteiger charge is -2.37. The minimum absolute atomic E-state index is 0.0231. The highest BCUT2D eigenvalue weighted by molar-refractivity contribution is 6.31. The highest BCUT2D eigenvalue weighted by Gasteiger charge is 2.67. The van der Waals surface area contributed by atoms with Gasteiger partial charge in [-0.3, -0.25) is 9.59 Å².